The van der Waals surface area contributed by atoms with Crippen molar-refractivity contribution >= 4 is 95.6 Å². The Morgan fingerprint density at radius 3 is 0.900 bits per heavy atom. The van der Waals surface area contributed by atoms with Gasteiger partial charge in [0.25, 0.3) is 0 Å². The average Bonchev–Trinajstić information content (AvgIpc) is 1.57. The lowest BCUT2D eigenvalue weighted by Crippen LogP contribution is -2.06. The normalized spacial score (nSPS) is 13.8. The molecule has 0 aliphatic carbocycles. The molecule has 0 aliphatic heterocycles. The second kappa shape index (κ2) is 4.94. The van der Waals surface area contributed by atoms with E-state index in [9.17, 15) is 0 Å². The van der Waals surface area contributed by atoms with Crippen molar-refractivity contribution in [1.29, 1.82) is 0 Å². The minimum atomic E-state index is -0.145. The molecule has 0 aromatic rings. The Morgan fingerprint density at radius 1 is 0.600 bits per heavy atom. The molecule has 0 N–H and O–H groups in total. The Bertz CT molecular complexity index is 83.3. The third kappa shape index (κ3) is 10.9. The molecular weight excluding hydrogens is 527 g/mol. The summed E-state index contributed by atoms with van der Waals surface area (Å²) in [4.78, 5) is 0. The Labute approximate surface area is 111 Å². The van der Waals surface area contributed by atoms with Crippen molar-refractivity contribution in [2.75, 3.05) is 0 Å². The maximum absolute atomic E-state index is 3.40. The molecule has 0 fully saturated rings. The largest absolute Gasteiger partial charge is 0.135 e. The summed E-state index contributed by atoms with van der Waals surface area (Å²) in [6, 6.07) is 0. The van der Waals surface area contributed by atoms with Gasteiger partial charge >= 0.3 is 0 Å². The van der Waals surface area contributed by atoms with E-state index in [-0.39, 0.29) is 4.29 Å². The molecule has 10 heavy (non-hydrogen) atoms. The molecule has 0 saturated heterocycles. The van der Waals surface area contributed by atoms with Gasteiger partial charge in [0, 0.05) is 0 Å². The van der Waals surface area contributed by atoms with Gasteiger partial charge in [-0.2, -0.15) is 0 Å². The number of alkyl halides is 6. The molecular formula is C4H4Br6. The zero-order chi connectivity index (χ0) is 8.41. The molecule has 0 heterocycles. The first-order chi connectivity index (χ1) is 4.21. The Balaban J connectivity index is 3.56. The molecule has 62 valence electrons. The van der Waals surface area contributed by atoms with Gasteiger partial charge in [0.05, 0.1) is 0 Å². The molecule has 0 radical (unpaired) electrons. The summed E-state index contributed by atoms with van der Waals surface area (Å²) in [5.74, 6) is 0. The van der Waals surface area contributed by atoms with Crippen LogP contribution < -0.4 is 0 Å². The standard InChI is InChI=1S/C4H4Br6/c5-3(6,7)1-2-4(8,9)10/h1-2H2. The van der Waals surface area contributed by atoms with Gasteiger partial charge in [-0.1, -0.05) is 95.6 Å². The maximum Gasteiger partial charge on any atom is 0.135 e. The summed E-state index contributed by atoms with van der Waals surface area (Å²) >= 11 is 20.4. The van der Waals surface area contributed by atoms with Crippen LogP contribution in [0.4, 0.5) is 0 Å². The van der Waals surface area contributed by atoms with E-state index >= 15 is 0 Å². The zero-order valence-corrected chi connectivity index (χ0v) is 14.2. The Morgan fingerprint density at radius 2 is 0.800 bits per heavy atom. The number of halogens is 6. The van der Waals surface area contributed by atoms with Crippen molar-refractivity contribution in [1.82, 2.24) is 0 Å². The summed E-state index contributed by atoms with van der Waals surface area (Å²) in [6.45, 7) is 0. The summed E-state index contributed by atoms with van der Waals surface area (Å²) in [5.41, 5.74) is 0. The molecule has 0 unspecified atom stereocenters. The van der Waals surface area contributed by atoms with Crippen molar-refractivity contribution in [3.05, 3.63) is 0 Å². The smallest absolute Gasteiger partial charge is 0.0599 e. The van der Waals surface area contributed by atoms with E-state index in [2.05, 4.69) is 95.6 Å². The van der Waals surface area contributed by atoms with Gasteiger partial charge in [0.2, 0.25) is 0 Å². The van der Waals surface area contributed by atoms with Gasteiger partial charge in [0.15, 0.2) is 0 Å². The monoisotopic (exact) mass is 526 g/mol. The topological polar surface area (TPSA) is 0 Å². The van der Waals surface area contributed by atoms with Gasteiger partial charge in [-0.25, -0.2) is 0 Å². The van der Waals surface area contributed by atoms with Crippen molar-refractivity contribution < 1.29 is 0 Å². The maximum atomic E-state index is 3.40. The molecule has 0 nitrogen and oxygen atoms in total. The number of hydrogen-bond acceptors (Lipinski definition) is 0. The van der Waals surface area contributed by atoms with Crippen LogP contribution in [0.5, 0.6) is 0 Å². The molecule has 6 heteroatoms. The molecule has 0 bridgehead atoms. The summed E-state index contributed by atoms with van der Waals surface area (Å²) in [5, 5.41) is 0. The van der Waals surface area contributed by atoms with Gasteiger partial charge in [-0.05, 0) is 12.8 Å². The highest BCUT2D eigenvalue weighted by Gasteiger charge is 2.24. The molecule has 0 aromatic carbocycles. The molecule has 0 rings (SSSR count). The summed E-state index contributed by atoms with van der Waals surface area (Å²) in [6.07, 6.45) is 1.88. The van der Waals surface area contributed by atoms with Crippen LogP contribution in [0.2, 0.25) is 0 Å². The van der Waals surface area contributed by atoms with Crippen LogP contribution >= 0.6 is 95.6 Å². The van der Waals surface area contributed by atoms with Crippen molar-refractivity contribution in [3.8, 4) is 0 Å². The van der Waals surface area contributed by atoms with Crippen LogP contribution in [0.25, 0.3) is 0 Å². The molecule has 0 amide bonds. The van der Waals surface area contributed by atoms with Gasteiger partial charge in [-0.3, -0.25) is 0 Å². The quantitative estimate of drug-likeness (QED) is 0.396. The second-order valence-corrected chi connectivity index (χ2v) is 16.2. The lowest BCUT2D eigenvalue weighted by molar-refractivity contribution is 0.844. The highest BCUT2D eigenvalue weighted by atomic mass is 80.0. The predicted molar refractivity (Wildman–Crippen MR) is 68.3 cm³/mol. The van der Waals surface area contributed by atoms with Crippen LogP contribution in [0.3, 0.4) is 0 Å². The van der Waals surface area contributed by atoms with E-state index in [1.807, 2.05) is 0 Å². The van der Waals surface area contributed by atoms with E-state index in [0.717, 1.165) is 12.8 Å². The van der Waals surface area contributed by atoms with Gasteiger partial charge in [0.1, 0.15) is 4.29 Å². The van der Waals surface area contributed by atoms with Crippen LogP contribution in [0.1, 0.15) is 12.8 Å². The average molecular weight is 532 g/mol. The first kappa shape index (κ1) is 12.9. The fourth-order valence-electron chi connectivity index (χ4n) is 0.283. The number of hydrogen-bond donors (Lipinski definition) is 0. The third-order valence-electron chi connectivity index (χ3n) is 0.692. The summed E-state index contributed by atoms with van der Waals surface area (Å²) < 4.78 is -0.291. The first-order valence-electron chi connectivity index (χ1n) is 2.34. The van der Waals surface area contributed by atoms with E-state index < -0.39 is 0 Å². The van der Waals surface area contributed by atoms with Crippen LogP contribution in [-0.4, -0.2) is 4.29 Å². The predicted octanol–water partition coefficient (Wildman–Crippen LogP) is 5.44. The van der Waals surface area contributed by atoms with Gasteiger partial charge in [-0.15, -0.1) is 0 Å². The van der Waals surface area contributed by atoms with E-state index in [1.165, 1.54) is 0 Å². The van der Waals surface area contributed by atoms with E-state index in [1.54, 1.807) is 0 Å². The van der Waals surface area contributed by atoms with Gasteiger partial charge < -0.3 is 0 Å². The Kier molecular flexibility index (Phi) is 6.36. The molecule has 0 saturated carbocycles. The zero-order valence-electron chi connectivity index (χ0n) is 4.68. The van der Waals surface area contributed by atoms with E-state index in [4.69, 9.17) is 0 Å². The fraction of sp³-hybridized carbons (Fsp3) is 1.00. The summed E-state index contributed by atoms with van der Waals surface area (Å²) in [7, 11) is 0. The van der Waals surface area contributed by atoms with Crippen molar-refractivity contribution in [2.45, 2.75) is 17.1 Å². The first-order valence-corrected chi connectivity index (χ1v) is 7.10. The minimum Gasteiger partial charge on any atom is -0.0599 e. The lowest BCUT2D eigenvalue weighted by atomic mass is 10.4. The molecule has 0 spiro atoms. The van der Waals surface area contributed by atoms with Crippen LogP contribution in [0.15, 0.2) is 0 Å². The molecule has 0 aliphatic rings. The van der Waals surface area contributed by atoms with Crippen LogP contribution in [-0.2, 0) is 0 Å². The second-order valence-electron chi connectivity index (χ2n) is 1.73. The highest BCUT2D eigenvalue weighted by molar-refractivity contribution is 9.40. The number of rotatable bonds is 1. The lowest BCUT2D eigenvalue weighted by Gasteiger charge is -2.16. The highest BCUT2D eigenvalue weighted by Crippen LogP contribution is 2.45. The fourth-order valence-corrected chi connectivity index (χ4v) is 1.47. The molecule has 0 aromatic heterocycles. The van der Waals surface area contributed by atoms with Crippen molar-refractivity contribution in [3.63, 3.8) is 0 Å². The van der Waals surface area contributed by atoms with Crippen LogP contribution in [0, 0.1) is 0 Å². The van der Waals surface area contributed by atoms with E-state index in [0.29, 0.717) is 0 Å². The third-order valence-corrected chi connectivity index (χ3v) is 3.07. The minimum absolute atomic E-state index is 0.145. The van der Waals surface area contributed by atoms with Crippen molar-refractivity contribution in [2.24, 2.45) is 0 Å². The molecule has 0 atom stereocenters. The SMILES string of the molecule is BrC(Br)(Br)CCC(Br)(Br)Br. The Hall–Kier alpha value is 2.88.